The Hall–Kier alpha value is -2.15. The van der Waals surface area contributed by atoms with E-state index >= 15 is 0 Å². The molecule has 6 nitrogen and oxygen atoms in total. The summed E-state index contributed by atoms with van der Waals surface area (Å²) in [5.74, 6) is 2.00. The van der Waals surface area contributed by atoms with Crippen molar-refractivity contribution in [3.8, 4) is 12.3 Å². The molecule has 1 aromatic heterocycles. The maximum absolute atomic E-state index is 13.2. The Morgan fingerprint density at radius 3 is 2.59 bits per heavy atom. The summed E-state index contributed by atoms with van der Waals surface area (Å²) in [5, 5.41) is 0.910. The number of nitrogens with zero attached hydrogens (tertiary/aromatic N) is 3. The Labute approximate surface area is 200 Å². The molecule has 1 fully saturated rings. The quantitative estimate of drug-likeness (QED) is 0.496. The van der Waals surface area contributed by atoms with Crippen molar-refractivity contribution in [1.82, 2.24) is 8.87 Å². The molecule has 1 aliphatic rings. The summed E-state index contributed by atoms with van der Waals surface area (Å²) >= 11 is 13.9. The summed E-state index contributed by atoms with van der Waals surface area (Å²) in [6, 6.07) is 9.02. The molecule has 10 heteroatoms. The predicted octanol–water partition coefficient (Wildman–Crippen LogP) is 4.23. The highest BCUT2D eigenvalue weighted by molar-refractivity contribution is 7.89. The lowest BCUT2D eigenvalue weighted by molar-refractivity contribution is -0.121. The predicted molar refractivity (Wildman–Crippen MR) is 127 cm³/mol. The first-order chi connectivity index (χ1) is 15.2. The van der Waals surface area contributed by atoms with Gasteiger partial charge < -0.3 is 4.57 Å². The average Bonchev–Trinajstić information content (AvgIpc) is 3.38. The second-order valence-corrected chi connectivity index (χ2v) is 11.1. The van der Waals surface area contributed by atoms with Gasteiger partial charge in [0.05, 0.1) is 31.7 Å². The van der Waals surface area contributed by atoms with E-state index < -0.39 is 22.0 Å². The molecule has 2 aromatic carbocycles. The normalized spacial score (nSPS) is 17.7. The lowest BCUT2D eigenvalue weighted by atomic mass is 10.2. The van der Waals surface area contributed by atoms with Crippen LogP contribution in [0.5, 0.6) is 0 Å². The number of hydrogen-bond acceptors (Lipinski definition) is 4. The van der Waals surface area contributed by atoms with Crippen molar-refractivity contribution in [3.05, 3.63) is 56.8 Å². The fourth-order valence-electron chi connectivity index (χ4n) is 3.72. The number of rotatable bonds is 4. The third-order valence-electron chi connectivity index (χ3n) is 5.30. The molecule has 0 N–H and O–H groups in total. The van der Waals surface area contributed by atoms with Gasteiger partial charge in [-0.1, -0.05) is 58.2 Å². The molecule has 1 saturated heterocycles. The van der Waals surface area contributed by atoms with Gasteiger partial charge >= 0.3 is 0 Å². The number of sulfonamides is 1. The smallest absolute Gasteiger partial charge is 0.266 e. The first-order valence-corrected chi connectivity index (χ1v) is 12.8. The number of halogens is 2. The van der Waals surface area contributed by atoms with Gasteiger partial charge in [0.1, 0.15) is 6.04 Å². The van der Waals surface area contributed by atoms with Gasteiger partial charge in [-0.15, -0.1) is 6.42 Å². The van der Waals surface area contributed by atoms with Crippen molar-refractivity contribution in [2.75, 3.05) is 6.54 Å². The molecule has 32 heavy (non-hydrogen) atoms. The van der Waals surface area contributed by atoms with Gasteiger partial charge in [-0.25, -0.2) is 8.42 Å². The summed E-state index contributed by atoms with van der Waals surface area (Å²) < 4.78 is 29.9. The fourth-order valence-corrected chi connectivity index (χ4v) is 7.02. The number of aryl methyl sites for hydroxylation is 1. The minimum Gasteiger partial charge on any atom is -0.303 e. The number of hydrogen-bond donors (Lipinski definition) is 0. The Kier molecular flexibility index (Phi) is 6.48. The minimum absolute atomic E-state index is 0.141. The average molecular weight is 508 g/mol. The zero-order valence-corrected chi connectivity index (χ0v) is 20.2. The third-order valence-corrected chi connectivity index (χ3v) is 9.07. The molecular formula is C22H19Cl2N3O3S2. The molecule has 0 radical (unpaired) electrons. The Morgan fingerprint density at radius 2 is 1.91 bits per heavy atom. The molecule has 3 aromatic rings. The first-order valence-electron chi connectivity index (χ1n) is 9.82. The van der Waals surface area contributed by atoms with Crippen molar-refractivity contribution in [1.29, 1.82) is 0 Å². The Morgan fingerprint density at radius 1 is 1.22 bits per heavy atom. The summed E-state index contributed by atoms with van der Waals surface area (Å²) in [7, 11) is -3.83. The second kappa shape index (κ2) is 9.00. The number of carbonyl (C=O) groups excluding carboxylic acids is 1. The highest BCUT2D eigenvalue weighted by atomic mass is 35.5. The molecule has 0 saturated carbocycles. The highest BCUT2D eigenvalue weighted by Gasteiger charge is 2.39. The zero-order chi connectivity index (χ0) is 23.0. The largest absolute Gasteiger partial charge is 0.303 e. The van der Waals surface area contributed by atoms with E-state index in [9.17, 15) is 13.2 Å². The summed E-state index contributed by atoms with van der Waals surface area (Å²) in [6.45, 7) is 2.28. The van der Waals surface area contributed by atoms with Gasteiger partial charge in [0.15, 0.2) is 4.80 Å². The molecule has 166 valence electrons. The van der Waals surface area contributed by atoms with Crippen LogP contribution in [0.4, 0.5) is 0 Å². The lowest BCUT2D eigenvalue weighted by Gasteiger charge is -2.21. The fraction of sp³-hybridized carbons (Fsp3) is 0.273. The van der Waals surface area contributed by atoms with E-state index in [2.05, 4.69) is 10.9 Å². The summed E-state index contributed by atoms with van der Waals surface area (Å²) in [6.07, 6.45) is 6.49. The molecule has 1 unspecified atom stereocenters. The zero-order valence-electron chi connectivity index (χ0n) is 17.1. The van der Waals surface area contributed by atoms with Crippen molar-refractivity contribution < 1.29 is 13.2 Å². The summed E-state index contributed by atoms with van der Waals surface area (Å²) in [4.78, 5) is 17.9. The van der Waals surface area contributed by atoms with Gasteiger partial charge in [-0.05, 0) is 44.0 Å². The molecule has 1 aliphatic heterocycles. The number of thiazole rings is 1. The first kappa shape index (κ1) is 23.0. The van der Waals surface area contributed by atoms with Gasteiger partial charge in [-0.3, -0.25) is 4.79 Å². The van der Waals surface area contributed by atoms with Crippen molar-refractivity contribution in [3.63, 3.8) is 0 Å². The monoisotopic (exact) mass is 507 g/mol. The van der Waals surface area contributed by atoms with Gasteiger partial charge in [0, 0.05) is 6.54 Å². The van der Waals surface area contributed by atoms with Crippen LogP contribution < -0.4 is 4.80 Å². The van der Waals surface area contributed by atoms with E-state index in [4.69, 9.17) is 29.6 Å². The van der Waals surface area contributed by atoms with Crippen LogP contribution in [-0.2, 0) is 21.4 Å². The van der Waals surface area contributed by atoms with Crippen LogP contribution in [0.25, 0.3) is 10.2 Å². The number of benzene rings is 2. The van der Waals surface area contributed by atoms with Crippen molar-refractivity contribution in [2.45, 2.75) is 37.2 Å². The number of carbonyl (C=O) groups is 1. The van der Waals surface area contributed by atoms with Crippen LogP contribution in [0.1, 0.15) is 18.4 Å². The van der Waals surface area contributed by atoms with E-state index in [0.29, 0.717) is 37.9 Å². The standard InChI is InChI=1S/C22H19Cl2N3O3S2/c1-3-12-26-19-16(23)10-11-17(24)20(19)31-22(26)25-21(28)18-5-4-13-27(18)32(29,30)15-8-6-14(2)7-9-15/h1,6-11,18H,4-5,12-13H2,2H3. The highest BCUT2D eigenvalue weighted by Crippen LogP contribution is 2.32. The number of fused-ring (bicyclic) bond motifs is 1. The van der Waals surface area contributed by atoms with Gasteiger partial charge in [0.2, 0.25) is 10.0 Å². The topological polar surface area (TPSA) is 71.7 Å². The van der Waals surface area contributed by atoms with Crippen LogP contribution in [0.2, 0.25) is 10.0 Å². The molecule has 2 heterocycles. The van der Waals surface area contributed by atoms with Crippen molar-refractivity contribution >= 4 is 60.7 Å². The molecule has 4 rings (SSSR count). The van der Waals surface area contributed by atoms with E-state index in [0.717, 1.165) is 5.56 Å². The van der Waals surface area contributed by atoms with Crippen LogP contribution >= 0.6 is 34.5 Å². The number of amides is 1. The Balaban J connectivity index is 1.76. The van der Waals surface area contributed by atoms with Gasteiger partial charge in [0.25, 0.3) is 5.91 Å². The van der Waals surface area contributed by atoms with Crippen LogP contribution in [0.3, 0.4) is 0 Å². The van der Waals surface area contributed by atoms with E-state index in [1.165, 1.54) is 15.6 Å². The van der Waals surface area contributed by atoms with Gasteiger partial charge in [-0.2, -0.15) is 9.30 Å². The maximum Gasteiger partial charge on any atom is 0.266 e. The number of terminal acetylenes is 1. The SMILES string of the molecule is C#CCn1c(=NC(=O)C2CCCN2S(=O)(=O)c2ccc(C)cc2)sc2c(Cl)ccc(Cl)c21. The van der Waals surface area contributed by atoms with Crippen molar-refractivity contribution in [2.24, 2.45) is 4.99 Å². The minimum atomic E-state index is -3.83. The molecule has 0 bridgehead atoms. The van der Waals surface area contributed by atoms with E-state index in [1.54, 1.807) is 41.0 Å². The molecule has 0 spiro atoms. The molecule has 0 aliphatic carbocycles. The maximum atomic E-state index is 13.2. The van der Waals surface area contributed by atoms with Crippen LogP contribution in [0.15, 0.2) is 46.3 Å². The van der Waals surface area contributed by atoms with Crippen LogP contribution in [0, 0.1) is 19.3 Å². The number of aromatic nitrogens is 1. The lowest BCUT2D eigenvalue weighted by Crippen LogP contribution is -2.40. The van der Waals surface area contributed by atoms with E-state index in [1.807, 2.05) is 6.92 Å². The van der Waals surface area contributed by atoms with E-state index in [-0.39, 0.29) is 18.0 Å². The third kappa shape index (κ3) is 4.12. The molecule has 1 atom stereocenters. The molecular weight excluding hydrogens is 489 g/mol. The summed E-state index contributed by atoms with van der Waals surface area (Å²) in [5.41, 5.74) is 1.55. The Bertz CT molecular complexity index is 1420. The molecule has 1 amide bonds. The second-order valence-electron chi connectivity index (χ2n) is 7.42. The van der Waals surface area contributed by atoms with Crippen LogP contribution in [-0.4, -0.2) is 35.8 Å².